The third-order valence-electron chi connectivity index (χ3n) is 5.60. The van der Waals surface area contributed by atoms with E-state index in [0.29, 0.717) is 10.6 Å². The van der Waals surface area contributed by atoms with Crippen LogP contribution in [0.15, 0.2) is 63.5 Å². The molecular weight excluding hydrogens is 573 g/mol. The summed E-state index contributed by atoms with van der Waals surface area (Å²) in [5.74, 6) is -1.39. The Kier molecular flexibility index (Phi) is 8.50. The average molecular weight is 595 g/mol. The van der Waals surface area contributed by atoms with Crippen molar-refractivity contribution < 1.29 is 37.0 Å². The monoisotopic (exact) mass is 594 g/mol. The second kappa shape index (κ2) is 11.7. The van der Waals surface area contributed by atoms with Gasteiger partial charge in [-0.2, -0.15) is 13.2 Å². The van der Waals surface area contributed by atoms with Crippen molar-refractivity contribution in [3.63, 3.8) is 0 Å². The summed E-state index contributed by atoms with van der Waals surface area (Å²) >= 11 is 6.72. The van der Waals surface area contributed by atoms with E-state index in [-0.39, 0.29) is 39.6 Å². The average Bonchev–Trinajstić information content (AvgIpc) is 3.19. The van der Waals surface area contributed by atoms with Crippen molar-refractivity contribution in [2.45, 2.75) is 33.0 Å². The number of alkyl halides is 3. The number of carbonyl (C=O) groups is 2. The van der Waals surface area contributed by atoms with E-state index in [1.165, 1.54) is 56.3 Å². The van der Waals surface area contributed by atoms with Crippen molar-refractivity contribution in [1.29, 1.82) is 0 Å². The molecule has 0 unspecified atom stereocenters. The first-order valence-corrected chi connectivity index (χ1v) is 13.1. The number of fused-ring (bicyclic) bond motifs is 1. The summed E-state index contributed by atoms with van der Waals surface area (Å²) in [6.07, 6.45) is -3.56. The minimum Gasteiger partial charge on any atom is -0.490 e. The van der Waals surface area contributed by atoms with Crippen LogP contribution in [0, 0.1) is 0 Å². The molecule has 2 heterocycles. The van der Waals surface area contributed by atoms with Crippen molar-refractivity contribution in [3.8, 4) is 11.5 Å². The Labute approximate surface area is 234 Å². The van der Waals surface area contributed by atoms with E-state index < -0.39 is 41.0 Å². The summed E-state index contributed by atoms with van der Waals surface area (Å²) in [6, 6.07) is 8.85. The molecule has 0 saturated heterocycles. The van der Waals surface area contributed by atoms with Gasteiger partial charge in [0, 0.05) is 11.9 Å². The van der Waals surface area contributed by atoms with Crippen molar-refractivity contribution in [2.24, 2.45) is 4.99 Å². The lowest BCUT2D eigenvalue weighted by atomic mass is 9.95. The number of allylic oxidation sites excluding steroid dienone is 1. The van der Waals surface area contributed by atoms with Gasteiger partial charge in [-0.15, -0.1) is 0 Å². The SMILES string of the molecule is CCOC(=O)C1=C(C(F)(F)F)N=c2s/c(=C\c3ccc(OC(C)=O)c(OCC)c3)c(=O)n2[C@@H]1c1ccc(Cl)cc1. The van der Waals surface area contributed by atoms with Gasteiger partial charge < -0.3 is 14.2 Å². The van der Waals surface area contributed by atoms with Gasteiger partial charge in [-0.05, 0) is 55.3 Å². The number of rotatable bonds is 7. The van der Waals surface area contributed by atoms with Gasteiger partial charge in [-0.25, -0.2) is 9.79 Å². The van der Waals surface area contributed by atoms with E-state index in [1.807, 2.05) is 0 Å². The van der Waals surface area contributed by atoms with Crippen LogP contribution in [0.3, 0.4) is 0 Å². The lowest BCUT2D eigenvalue weighted by molar-refractivity contribution is -0.140. The second-order valence-corrected chi connectivity index (χ2v) is 9.79. The first-order chi connectivity index (χ1) is 18.9. The van der Waals surface area contributed by atoms with Crippen LogP contribution < -0.4 is 24.4 Å². The summed E-state index contributed by atoms with van der Waals surface area (Å²) in [6.45, 7) is 4.51. The van der Waals surface area contributed by atoms with Crippen LogP contribution in [0.4, 0.5) is 13.2 Å². The van der Waals surface area contributed by atoms with Crippen LogP contribution in [-0.4, -0.2) is 35.9 Å². The summed E-state index contributed by atoms with van der Waals surface area (Å²) < 4.78 is 59.4. The maximum atomic E-state index is 14.2. The van der Waals surface area contributed by atoms with Crippen LogP contribution in [0.2, 0.25) is 5.02 Å². The minimum atomic E-state index is -5.01. The third kappa shape index (κ3) is 5.97. The van der Waals surface area contributed by atoms with Gasteiger partial charge in [0.1, 0.15) is 0 Å². The molecular formula is C27H22ClF3N2O6S. The first-order valence-electron chi connectivity index (χ1n) is 12.0. The van der Waals surface area contributed by atoms with E-state index in [1.54, 1.807) is 13.0 Å². The number of halogens is 4. The molecule has 1 atom stereocenters. The number of nitrogens with zero attached hydrogens (tertiary/aromatic N) is 2. The Hall–Kier alpha value is -3.90. The van der Waals surface area contributed by atoms with Gasteiger partial charge in [-0.3, -0.25) is 14.2 Å². The fraction of sp³-hybridized carbons (Fsp3) is 0.259. The molecule has 0 spiro atoms. The molecule has 0 N–H and O–H groups in total. The zero-order valence-corrected chi connectivity index (χ0v) is 22.9. The number of carbonyl (C=O) groups excluding carboxylic acids is 2. The Balaban J connectivity index is 1.97. The van der Waals surface area contributed by atoms with Crippen LogP contribution >= 0.6 is 22.9 Å². The Morgan fingerprint density at radius 3 is 2.40 bits per heavy atom. The number of hydrogen-bond donors (Lipinski definition) is 0. The zero-order valence-electron chi connectivity index (χ0n) is 21.4. The number of thiazole rings is 1. The number of esters is 2. The number of benzene rings is 2. The Bertz CT molecular complexity index is 1680. The highest BCUT2D eigenvalue weighted by molar-refractivity contribution is 7.07. The number of hydrogen-bond acceptors (Lipinski definition) is 8. The van der Waals surface area contributed by atoms with Crippen molar-refractivity contribution >= 4 is 41.0 Å². The lowest BCUT2D eigenvalue weighted by Crippen LogP contribution is -2.41. The summed E-state index contributed by atoms with van der Waals surface area (Å²) in [5.41, 5.74) is -2.26. The molecule has 3 aromatic rings. The highest BCUT2D eigenvalue weighted by Crippen LogP contribution is 2.38. The minimum absolute atomic E-state index is 0.0482. The normalized spacial score (nSPS) is 15.4. The molecule has 210 valence electrons. The smallest absolute Gasteiger partial charge is 0.434 e. The van der Waals surface area contributed by atoms with Gasteiger partial charge in [0.15, 0.2) is 22.0 Å². The van der Waals surface area contributed by atoms with Crippen molar-refractivity contribution in [3.05, 3.63) is 89.6 Å². The summed E-state index contributed by atoms with van der Waals surface area (Å²) in [7, 11) is 0. The largest absolute Gasteiger partial charge is 0.490 e. The number of aromatic nitrogens is 1. The summed E-state index contributed by atoms with van der Waals surface area (Å²) in [5, 5.41) is 0.316. The molecule has 8 nitrogen and oxygen atoms in total. The van der Waals surface area contributed by atoms with Gasteiger partial charge in [-0.1, -0.05) is 41.1 Å². The van der Waals surface area contributed by atoms with Crippen LogP contribution in [0.5, 0.6) is 11.5 Å². The zero-order chi connectivity index (χ0) is 29.2. The molecule has 0 saturated carbocycles. The molecule has 0 bridgehead atoms. The van der Waals surface area contributed by atoms with Crippen LogP contribution in [-0.2, 0) is 14.3 Å². The third-order valence-corrected chi connectivity index (χ3v) is 6.83. The summed E-state index contributed by atoms with van der Waals surface area (Å²) in [4.78, 5) is 41.5. The predicted octanol–water partition coefficient (Wildman–Crippen LogP) is 4.32. The first kappa shape index (κ1) is 29.1. The van der Waals surface area contributed by atoms with E-state index in [0.717, 1.165) is 15.9 Å². The highest BCUT2D eigenvalue weighted by Gasteiger charge is 2.45. The molecule has 4 rings (SSSR count). The molecule has 13 heteroatoms. The second-order valence-electron chi connectivity index (χ2n) is 8.35. The van der Waals surface area contributed by atoms with E-state index >= 15 is 0 Å². The van der Waals surface area contributed by atoms with Crippen molar-refractivity contribution in [1.82, 2.24) is 4.57 Å². The molecule has 0 amide bonds. The molecule has 1 aliphatic rings. The quantitative estimate of drug-likeness (QED) is 0.299. The lowest BCUT2D eigenvalue weighted by Gasteiger charge is -2.26. The molecule has 0 aliphatic carbocycles. The molecule has 2 aromatic carbocycles. The topological polar surface area (TPSA) is 96.2 Å². The van der Waals surface area contributed by atoms with Gasteiger partial charge in [0.25, 0.3) is 5.56 Å². The standard InChI is InChI=1S/C27H22ClF3N2O6S/c1-4-37-19-12-15(6-11-18(19)39-14(3)34)13-20-24(35)33-22(16-7-9-17(28)10-8-16)21(25(36)38-5-2)23(27(29,30)31)32-26(33)40-20/h6-13,22H,4-5H2,1-3H3/b20-13-/t22-/m1/s1. The van der Waals surface area contributed by atoms with Gasteiger partial charge in [0.2, 0.25) is 0 Å². The van der Waals surface area contributed by atoms with Crippen LogP contribution in [0.1, 0.15) is 37.9 Å². The molecule has 1 aliphatic heterocycles. The number of ether oxygens (including phenoxy) is 3. The fourth-order valence-electron chi connectivity index (χ4n) is 4.07. The maximum Gasteiger partial charge on any atom is 0.434 e. The van der Waals surface area contributed by atoms with E-state index in [2.05, 4.69) is 4.99 Å². The molecule has 0 fully saturated rings. The van der Waals surface area contributed by atoms with E-state index in [4.69, 9.17) is 25.8 Å². The van der Waals surface area contributed by atoms with Gasteiger partial charge >= 0.3 is 18.1 Å². The Morgan fingerprint density at radius 1 is 1.10 bits per heavy atom. The van der Waals surface area contributed by atoms with Crippen LogP contribution in [0.25, 0.3) is 6.08 Å². The van der Waals surface area contributed by atoms with Crippen molar-refractivity contribution in [2.75, 3.05) is 13.2 Å². The van der Waals surface area contributed by atoms with Gasteiger partial charge in [0.05, 0.1) is 29.4 Å². The maximum absolute atomic E-state index is 14.2. The molecule has 1 aromatic heterocycles. The predicted molar refractivity (Wildman–Crippen MR) is 141 cm³/mol. The molecule has 40 heavy (non-hydrogen) atoms. The Morgan fingerprint density at radius 2 is 1.80 bits per heavy atom. The fourth-order valence-corrected chi connectivity index (χ4v) is 5.20. The molecule has 0 radical (unpaired) electrons. The highest BCUT2D eigenvalue weighted by atomic mass is 35.5. The van der Waals surface area contributed by atoms with E-state index in [9.17, 15) is 27.6 Å².